The topological polar surface area (TPSA) is 114 Å². The molecule has 1 fully saturated rings. The average Bonchev–Trinajstić information content (AvgIpc) is 3.18. The highest BCUT2D eigenvalue weighted by Gasteiger charge is 2.29. The molecule has 26 heavy (non-hydrogen) atoms. The van der Waals surface area contributed by atoms with Crippen molar-refractivity contribution in [2.24, 2.45) is 0 Å². The molecule has 0 radical (unpaired) electrons. The molecule has 2 aromatic carbocycles. The van der Waals surface area contributed by atoms with Crippen LogP contribution in [0.1, 0.15) is 18.4 Å². The van der Waals surface area contributed by atoms with E-state index in [0.29, 0.717) is 24.4 Å². The third kappa shape index (κ3) is 3.51. The third-order valence-corrected chi connectivity index (χ3v) is 5.94. The van der Waals surface area contributed by atoms with Crippen molar-refractivity contribution in [2.45, 2.75) is 17.7 Å². The zero-order chi connectivity index (χ0) is 18.7. The highest BCUT2D eigenvalue weighted by atomic mass is 32.2. The predicted octanol–water partition coefficient (Wildman–Crippen LogP) is 3.04. The SMILES string of the molecule is N#Cc1ccc(Oc2ccc(S(=O)(=O)N3CCCC3)cc2[N+](=O)[O-])cc1. The van der Waals surface area contributed by atoms with Crippen LogP contribution in [0.2, 0.25) is 0 Å². The second kappa shape index (κ2) is 7.11. The molecule has 3 rings (SSSR count). The minimum atomic E-state index is -3.76. The summed E-state index contributed by atoms with van der Waals surface area (Å²) in [6.07, 6.45) is 1.56. The van der Waals surface area contributed by atoms with E-state index in [2.05, 4.69) is 0 Å². The first-order chi connectivity index (χ1) is 12.4. The molecule has 1 aliphatic rings. The van der Waals surface area contributed by atoms with Crippen LogP contribution in [0.25, 0.3) is 0 Å². The van der Waals surface area contributed by atoms with E-state index >= 15 is 0 Å². The van der Waals surface area contributed by atoms with Crippen molar-refractivity contribution in [1.29, 1.82) is 5.26 Å². The van der Waals surface area contributed by atoms with Gasteiger partial charge in [-0.15, -0.1) is 0 Å². The smallest absolute Gasteiger partial charge is 0.312 e. The molecule has 0 amide bonds. The molecule has 8 nitrogen and oxygen atoms in total. The Labute approximate surface area is 150 Å². The van der Waals surface area contributed by atoms with E-state index in [-0.39, 0.29) is 10.6 Å². The Morgan fingerprint density at radius 3 is 2.35 bits per heavy atom. The number of rotatable bonds is 5. The molecular weight excluding hydrogens is 358 g/mol. The molecule has 0 N–H and O–H groups in total. The van der Waals surface area contributed by atoms with Crippen molar-refractivity contribution >= 4 is 15.7 Å². The minimum Gasteiger partial charge on any atom is -0.450 e. The summed E-state index contributed by atoms with van der Waals surface area (Å²) < 4.78 is 32.0. The second-order valence-electron chi connectivity index (χ2n) is 5.74. The number of hydrogen-bond donors (Lipinski definition) is 0. The van der Waals surface area contributed by atoms with Gasteiger partial charge in [-0.05, 0) is 49.2 Å². The van der Waals surface area contributed by atoms with Gasteiger partial charge in [0.25, 0.3) is 0 Å². The molecule has 0 bridgehead atoms. The van der Waals surface area contributed by atoms with Crippen LogP contribution in [-0.4, -0.2) is 30.7 Å². The molecule has 0 aromatic heterocycles. The lowest BCUT2D eigenvalue weighted by Gasteiger charge is -2.15. The molecule has 0 atom stereocenters. The van der Waals surface area contributed by atoms with Gasteiger partial charge in [-0.3, -0.25) is 10.1 Å². The molecule has 0 saturated carbocycles. The van der Waals surface area contributed by atoms with Crippen LogP contribution >= 0.6 is 0 Å². The van der Waals surface area contributed by atoms with Crippen LogP contribution in [-0.2, 0) is 10.0 Å². The van der Waals surface area contributed by atoms with Crippen molar-refractivity contribution in [3.05, 3.63) is 58.1 Å². The summed E-state index contributed by atoms with van der Waals surface area (Å²) in [4.78, 5) is 10.6. The molecule has 9 heteroatoms. The number of sulfonamides is 1. The Morgan fingerprint density at radius 2 is 1.77 bits per heavy atom. The predicted molar refractivity (Wildman–Crippen MR) is 92.3 cm³/mol. The molecule has 1 saturated heterocycles. The van der Waals surface area contributed by atoms with Gasteiger partial charge < -0.3 is 4.74 Å². The summed E-state index contributed by atoms with van der Waals surface area (Å²) in [6, 6.07) is 11.6. The summed E-state index contributed by atoms with van der Waals surface area (Å²) in [6.45, 7) is 0.833. The summed E-state index contributed by atoms with van der Waals surface area (Å²) in [5.74, 6) is 0.238. The fourth-order valence-electron chi connectivity index (χ4n) is 2.69. The average molecular weight is 373 g/mol. The van der Waals surface area contributed by atoms with E-state index < -0.39 is 20.6 Å². The van der Waals surface area contributed by atoms with Crippen LogP contribution in [0.15, 0.2) is 47.4 Å². The molecule has 2 aromatic rings. The van der Waals surface area contributed by atoms with Crippen molar-refractivity contribution in [3.8, 4) is 17.6 Å². The highest BCUT2D eigenvalue weighted by molar-refractivity contribution is 7.89. The number of nitriles is 1. The first-order valence-corrected chi connectivity index (χ1v) is 9.32. The van der Waals surface area contributed by atoms with Gasteiger partial charge in [-0.1, -0.05) is 0 Å². The number of nitro groups is 1. The van der Waals surface area contributed by atoms with Gasteiger partial charge in [-0.25, -0.2) is 8.42 Å². The third-order valence-electron chi connectivity index (χ3n) is 4.04. The maximum atomic E-state index is 12.6. The van der Waals surface area contributed by atoms with Gasteiger partial charge in [-0.2, -0.15) is 9.57 Å². The number of ether oxygens (including phenoxy) is 1. The van der Waals surface area contributed by atoms with Crippen LogP contribution in [0.5, 0.6) is 11.5 Å². The van der Waals surface area contributed by atoms with E-state index in [1.54, 1.807) is 0 Å². The zero-order valence-corrected chi connectivity index (χ0v) is 14.5. The van der Waals surface area contributed by atoms with Crippen LogP contribution < -0.4 is 4.74 Å². The van der Waals surface area contributed by atoms with E-state index in [0.717, 1.165) is 18.9 Å². The monoisotopic (exact) mass is 373 g/mol. The van der Waals surface area contributed by atoms with E-state index in [4.69, 9.17) is 10.00 Å². The molecule has 0 aliphatic carbocycles. The first kappa shape index (κ1) is 17.8. The van der Waals surface area contributed by atoms with Gasteiger partial charge in [0.2, 0.25) is 15.8 Å². The maximum absolute atomic E-state index is 12.6. The second-order valence-corrected chi connectivity index (χ2v) is 7.67. The zero-order valence-electron chi connectivity index (χ0n) is 13.7. The van der Waals surface area contributed by atoms with Crippen molar-refractivity contribution in [3.63, 3.8) is 0 Å². The lowest BCUT2D eigenvalue weighted by molar-refractivity contribution is -0.385. The number of hydrogen-bond acceptors (Lipinski definition) is 6. The Morgan fingerprint density at radius 1 is 1.12 bits per heavy atom. The molecule has 1 heterocycles. The lowest BCUT2D eigenvalue weighted by atomic mass is 10.2. The van der Waals surface area contributed by atoms with Gasteiger partial charge in [0.05, 0.1) is 21.5 Å². The molecule has 134 valence electrons. The van der Waals surface area contributed by atoms with Crippen molar-refractivity contribution < 1.29 is 18.1 Å². The Hall–Kier alpha value is -2.96. The summed E-state index contributed by atoms with van der Waals surface area (Å²) in [7, 11) is -3.76. The fourth-order valence-corrected chi connectivity index (χ4v) is 4.23. The number of nitro benzene ring substituents is 1. The highest BCUT2D eigenvalue weighted by Crippen LogP contribution is 2.34. The van der Waals surface area contributed by atoms with Crippen molar-refractivity contribution in [1.82, 2.24) is 4.31 Å². The summed E-state index contributed by atoms with van der Waals surface area (Å²) in [5.41, 5.74) is -0.00599. The van der Waals surface area contributed by atoms with E-state index in [1.807, 2.05) is 6.07 Å². The molecule has 1 aliphatic heterocycles. The van der Waals surface area contributed by atoms with E-state index in [9.17, 15) is 18.5 Å². The first-order valence-electron chi connectivity index (χ1n) is 7.88. The molecule has 0 spiro atoms. The molecule has 0 unspecified atom stereocenters. The minimum absolute atomic E-state index is 0.0694. The van der Waals surface area contributed by atoms with Crippen LogP contribution in [0, 0.1) is 21.4 Å². The Kier molecular flexibility index (Phi) is 4.88. The summed E-state index contributed by atoms with van der Waals surface area (Å²) >= 11 is 0. The van der Waals surface area contributed by atoms with Crippen LogP contribution in [0.4, 0.5) is 5.69 Å². The Bertz CT molecular complexity index is 974. The quantitative estimate of drug-likeness (QED) is 0.588. The standard InChI is InChI=1S/C17H15N3O5S/c18-12-13-3-5-14(6-4-13)25-17-8-7-15(11-16(17)20(21)22)26(23,24)19-9-1-2-10-19/h3-8,11H,1-2,9-10H2. The van der Waals surface area contributed by atoms with E-state index in [1.165, 1.54) is 40.7 Å². The Balaban J connectivity index is 1.94. The largest absolute Gasteiger partial charge is 0.450 e. The van der Waals surface area contributed by atoms with Crippen LogP contribution in [0.3, 0.4) is 0 Å². The maximum Gasteiger partial charge on any atom is 0.312 e. The van der Waals surface area contributed by atoms with Gasteiger partial charge in [0, 0.05) is 19.2 Å². The lowest BCUT2D eigenvalue weighted by Crippen LogP contribution is -2.27. The fraction of sp³-hybridized carbons (Fsp3) is 0.235. The van der Waals surface area contributed by atoms with Gasteiger partial charge in [0.15, 0.2) is 0 Å². The summed E-state index contributed by atoms with van der Waals surface area (Å²) in [5, 5.41) is 20.2. The normalized spacial score (nSPS) is 14.7. The number of nitrogens with zero attached hydrogens (tertiary/aromatic N) is 3. The number of benzene rings is 2. The molecular formula is C17H15N3O5S. The van der Waals surface area contributed by atoms with Gasteiger partial charge >= 0.3 is 5.69 Å². The van der Waals surface area contributed by atoms with Crippen molar-refractivity contribution in [2.75, 3.05) is 13.1 Å². The van der Waals surface area contributed by atoms with Gasteiger partial charge in [0.1, 0.15) is 5.75 Å².